The molecule has 4 heteroatoms. The van der Waals surface area contributed by atoms with Crippen LogP contribution < -0.4 is 10.6 Å². The molecular formula is C15H26N4. The van der Waals surface area contributed by atoms with E-state index in [1.165, 1.54) is 19.3 Å². The van der Waals surface area contributed by atoms with E-state index in [2.05, 4.69) is 41.4 Å². The van der Waals surface area contributed by atoms with E-state index >= 15 is 0 Å². The molecule has 1 heterocycles. The van der Waals surface area contributed by atoms with E-state index in [0.29, 0.717) is 11.8 Å². The highest BCUT2D eigenvalue weighted by Crippen LogP contribution is 2.38. The van der Waals surface area contributed by atoms with Gasteiger partial charge in [-0.25, -0.2) is 9.97 Å². The van der Waals surface area contributed by atoms with Crippen molar-refractivity contribution in [3.05, 3.63) is 11.9 Å². The standard InChI is InChI=1S/C15H26N4/c1-4-8-16-13-9-14(17-10-11(3)5-2)19-15(18-13)12-6-7-12/h9,11-12H,4-8,10H2,1-3H3,(H2,16,17,18,19). The first-order valence-corrected chi connectivity index (χ1v) is 7.59. The Labute approximate surface area is 116 Å². The molecule has 0 spiro atoms. The summed E-state index contributed by atoms with van der Waals surface area (Å²) in [6.45, 7) is 8.58. The molecule has 2 N–H and O–H groups in total. The number of nitrogens with one attached hydrogen (secondary N) is 2. The van der Waals surface area contributed by atoms with Crippen LogP contribution in [0.25, 0.3) is 0 Å². The minimum absolute atomic E-state index is 0.590. The van der Waals surface area contributed by atoms with Gasteiger partial charge in [-0.1, -0.05) is 27.2 Å². The molecule has 0 radical (unpaired) electrons. The van der Waals surface area contributed by atoms with Crippen LogP contribution in [-0.4, -0.2) is 23.1 Å². The SMILES string of the molecule is CCCNc1cc(NCC(C)CC)nc(C2CC2)n1. The second-order valence-electron chi connectivity index (χ2n) is 5.59. The summed E-state index contributed by atoms with van der Waals surface area (Å²) in [5, 5.41) is 6.81. The molecule has 1 aliphatic rings. The van der Waals surface area contributed by atoms with Crippen molar-refractivity contribution >= 4 is 11.6 Å². The number of aromatic nitrogens is 2. The van der Waals surface area contributed by atoms with Crippen molar-refractivity contribution in [2.24, 2.45) is 5.92 Å². The third-order valence-electron chi connectivity index (χ3n) is 3.57. The van der Waals surface area contributed by atoms with Gasteiger partial charge < -0.3 is 10.6 Å². The first-order valence-electron chi connectivity index (χ1n) is 7.59. The zero-order valence-electron chi connectivity index (χ0n) is 12.4. The molecule has 1 fully saturated rings. The quantitative estimate of drug-likeness (QED) is 0.751. The summed E-state index contributed by atoms with van der Waals surface area (Å²) in [5.74, 6) is 4.20. The van der Waals surface area contributed by atoms with E-state index in [9.17, 15) is 0 Å². The maximum Gasteiger partial charge on any atom is 0.136 e. The highest BCUT2D eigenvalue weighted by atomic mass is 15.1. The second-order valence-corrected chi connectivity index (χ2v) is 5.59. The largest absolute Gasteiger partial charge is 0.370 e. The maximum absolute atomic E-state index is 4.65. The minimum atomic E-state index is 0.590. The number of hydrogen-bond acceptors (Lipinski definition) is 4. The van der Waals surface area contributed by atoms with Crippen LogP contribution >= 0.6 is 0 Å². The first kappa shape index (κ1) is 14.1. The number of rotatable bonds is 8. The van der Waals surface area contributed by atoms with Crippen LogP contribution in [0.4, 0.5) is 11.6 Å². The molecule has 106 valence electrons. The summed E-state index contributed by atoms with van der Waals surface area (Å²) in [6, 6.07) is 2.03. The molecule has 0 aromatic carbocycles. The predicted molar refractivity (Wildman–Crippen MR) is 80.7 cm³/mol. The van der Waals surface area contributed by atoms with Gasteiger partial charge in [0.15, 0.2) is 0 Å². The summed E-state index contributed by atoms with van der Waals surface area (Å²) in [7, 11) is 0. The van der Waals surface area contributed by atoms with Crippen LogP contribution in [0.15, 0.2) is 6.07 Å². The van der Waals surface area contributed by atoms with Crippen molar-refractivity contribution in [1.29, 1.82) is 0 Å². The van der Waals surface area contributed by atoms with Gasteiger partial charge >= 0.3 is 0 Å². The van der Waals surface area contributed by atoms with Gasteiger partial charge in [-0.05, 0) is 25.2 Å². The Morgan fingerprint density at radius 3 is 2.47 bits per heavy atom. The van der Waals surface area contributed by atoms with Crippen molar-refractivity contribution < 1.29 is 0 Å². The molecule has 1 unspecified atom stereocenters. The Hall–Kier alpha value is -1.32. The molecule has 1 saturated carbocycles. The third kappa shape index (κ3) is 4.37. The van der Waals surface area contributed by atoms with Gasteiger partial charge in [0.2, 0.25) is 0 Å². The van der Waals surface area contributed by atoms with Crippen molar-refractivity contribution in [3.8, 4) is 0 Å². The average Bonchev–Trinajstić information content (AvgIpc) is 3.26. The van der Waals surface area contributed by atoms with E-state index in [1.807, 2.05) is 6.07 Å². The maximum atomic E-state index is 4.65. The van der Waals surface area contributed by atoms with Crippen LogP contribution in [-0.2, 0) is 0 Å². The van der Waals surface area contributed by atoms with Crippen LogP contribution in [0.1, 0.15) is 58.2 Å². The van der Waals surface area contributed by atoms with E-state index in [-0.39, 0.29) is 0 Å². The molecule has 1 atom stereocenters. The summed E-state index contributed by atoms with van der Waals surface area (Å²) in [5.41, 5.74) is 0. The Balaban J connectivity index is 2.05. The fourth-order valence-corrected chi connectivity index (χ4v) is 1.85. The molecule has 0 amide bonds. The van der Waals surface area contributed by atoms with Crippen molar-refractivity contribution in [3.63, 3.8) is 0 Å². The summed E-state index contributed by atoms with van der Waals surface area (Å²) in [6.07, 6.45) is 4.77. The fourth-order valence-electron chi connectivity index (χ4n) is 1.85. The smallest absolute Gasteiger partial charge is 0.136 e. The Morgan fingerprint density at radius 2 is 1.89 bits per heavy atom. The zero-order chi connectivity index (χ0) is 13.7. The molecule has 1 aromatic rings. The minimum Gasteiger partial charge on any atom is -0.370 e. The lowest BCUT2D eigenvalue weighted by atomic mass is 10.1. The molecule has 0 bridgehead atoms. The van der Waals surface area contributed by atoms with Crippen molar-refractivity contribution in [1.82, 2.24) is 9.97 Å². The lowest BCUT2D eigenvalue weighted by molar-refractivity contribution is 0.592. The summed E-state index contributed by atoms with van der Waals surface area (Å²) >= 11 is 0. The summed E-state index contributed by atoms with van der Waals surface area (Å²) in [4.78, 5) is 9.27. The van der Waals surface area contributed by atoms with E-state index in [4.69, 9.17) is 0 Å². The van der Waals surface area contributed by atoms with Crippen LogP contribution in [0.5, 0.6) is 0 Å². The van der Waals surface area contributed by atoms with Gasteiger partial charge in [-0.15, -0.1) is 0 Å². The van der Waals surface area contributed by atoms with Crippen LogP contribution in [0.2, 0.25) is 0 Å². The average molecular weight is 262 g/mol. The normalized spacial score (nSPS) is 16.2. The van der Waals surface area contributed by atoms with Gasteiger partial charge in [-0.2, -0.15) is 0 Å². The molecule has 19 heavy (non-hydrogen) atoms. The lowest BCUT2D eigenvalue weighted by Crippen LogP contribution is -2.13. The Kier molecular flexibility index (Phi) is 5.00. The highest BCUT2D eigenvalue weighted by molar-refractivity contribution is 5.48. The van der Waals surface area contributed by atoms with Gasteiger partial charge in [0, 0.05) is 25.1 Å². The Morgan fingerprint density at radius 1 is 1.21 bits per heavy atom. The van der Waals surface area contributed by atoms with Gasteiger partial charge in [0.25, 0.3) is 0 Å². The number of nitrogens with zero attached hydrogens (tertiary/aromatic N) is 2. The fraction of sp³-hybridized carbons (Fsp3) is 0.733. The van der Waals surface area contributed by atoms with Crippen molar-refractivity contribution in [2.75, 3.05) is 23.7 Å². The third-order valence-corrected chi connectivity index (χ3v) is 3.57. The van der Waals surface area contributed by atoms with Gasteiger partial charge in [0.05, 0.1) is 0 Å². The van der Waals surface area contributed by atoms with Crippen molar-refractivity contribution in [2.45, 2.75) is 52.4 Å². The number of hydrogen-bond donors (Lipinski definition) is 2. The van der Waals surface area contributed by atoms with E-state index in [0.717, 1.165) is 37.0 Å². The summed E-state index contributed by atoms with van der Waals surface area (Å²) < 4.78 is 0. The topological polar surface area (TPSA) is 49.8 Å². The molecule has 1 aliphatic carbocycles. The van der Waals surface area contributed by atoms with E-state index < -0.39 is 0 Å². The molecule has 1 aromatic heterocycles. The predicted octanol–water partition coefficient (Wildman–Crippen LogP) is 3.63. The lowest BCUT2D eigenvalue weighted by Gasteiger charge is -2.13. The second kappa shape index (κ2) is 6.73. The molecule has 2 rings (SSSR count). The zero-order valence-corrected chi connectivity index (χ0v) is 12.4. The first-order chi connectivity index (χ1) is 9.22. The highest BCUT2D eigenvalue weighted by Gasteiger charge is 2.27. The monoisotopic (exact) mass is 262 g/mol. The van der Waals surface area contributed by atoms with E-state index in [1.54, 1.807) is 0 Å². The molecular weight excluding hydrogens is 236 g/mol. The Bertz CT molecular complexity index is 401. The van der Waals surface area contributed by atoms with Gasteiger partial charge in [-0.3, -0.25) is 0 Å². The molecule has 4 nitrogen and oxygen atoms in total. The number of anilines is 2. The van der Waals surface area contributed by atoms with Gasteiger partial charge in [0.1, 0.15) is 17.5 Å². The molecule has 0 saturated heterocycles. The van der Waals surface area contributed by atoms with Crippen LogP contribution in [0, 0.1) is 5.92 Å². The van der Waals surface area contributed by atoms with Crippen LogP contribution in [0.3, 0.4) is 0 Å². The molecule has 0 aliphatic heterocycles.